The molecule has 1 saturated carbocycles. The predicted octanol–water partition coefficient (Wildman–Crippen LogP) is 4.02. The van der Waals surface area contributed by atoms with Crippen LogP contribution in [0.4, 0.5) is 8.78 Å². The van der Waals surface area contributed by atoms with E-state index in [1.165, 1.54) is 24.3 Å². The normalized spacial score (nSPS) is 16.3. The molecule has 11 heteroatoms. The standard InChI is InChI=1S/C18H15BrClF2NO5S/c19-10-1-2-14(24)15(4-10)29(27,28)8-9-3-11(20)5-13(16(9)25)17(26)23-12-6-18(21,22)7-12/h1-5,12,24-25H,6-8H2,(H,23,26). The summed E-state index contributed by atoms with van der Waals surface area (Å²) >= 11 is 9.09. The third-order valence-electron chi connectivity index (χ3n) is 4.43. The van der Waals surface area contributed by atoms with Crippen LogP contribution in [0.15, 0.2) is 39.7 Å². The van der Waals surface area contributed by atoms with Gasteiger partial charge in [0.2, 0.25) is 0 Å². The zero-order valence-corrected chi connectivity index (χ0v) is 17.8. The fourth-order valence-corrected chi connectivity index (χ4v) is 5.22. The molecule has 6 nitrogen and oxygen atoms in total. The second kappa shape index (κ2) is 7.73. The highest BCUT2D eigenvalue weighted by molar-refractivity contribution is 9.10. The molecule has 0 unspecified atom stereocenters. The second-order valence-electron chi connectivity index (χ2n) is 6.77. The Kier molecular flexibility index (Phi) is 5.81. The predicted molar refractivity (Wildman–Crippen MR) is 105 cm³/mol. The fraction of sp³-hybridized carbons (Fsp3) is 0.278. The van der Waals surface area contributed by atoms with E-state index in [1.54, 1.807) is 0 Å². The number of carbonyl (C=O) groups excluding carboxylic acids is 1. The maximum absolute atomic E-state index is 12.9. The number of rotatable bonds is 5. The van der Waals surface area contributed by atoms with Gasteiger partial charge in [-0.05, 0) is 30.3 Å². The molecule has 0 aliphatic heterocycles. The summed E-state index contributed by atoms with van der Waals surface area (Å²) < 4.78 is 51.7. The van der Waals surface area contributed by atoms with E-state index in [4.69, 9.17) is 11.6 Å². The number of carbonyl (C=O) groups is 1. The first-order valence-electron chi connectivity index (χ1n) is 8.29. The smallest absolute Gasteiger partial charge is 0.255 e. The van der Waals surface area contributed by atoms with Crippen molar-refractivity contribution in [2.45, 2.75) is 35.5 Å². The number of hydrogen-bond acceptors (Lipinski definition) is 5. The highest BCUT2D eigenvalue weighted by atomic mass is 79.9. The van der Waals surface area contributed by atoms with E-state index in [0.717, 1.165) is 6.07 Å². The molecule has 0 spiro atoms. The van der Waals surface area contributed by atoms with E-state index in [-0.39, 0.29) is 21.0 Å². The monoisotopic (exact) mass is 509 g/mol. The van der Waals surface area contributed by atoms with Gasteiger partial charge in [-0.25, -0.2) is 17.2 Å². The van der Waals surface area contributed by atoms with E-state index in [9.17, 15) is 32.2 Å². The van der Waals surface area contributed by atoms with Crippen molar-refractivity contribution >= 4 is 43.3 Å². The molecule has 2 aromatic carbocycles. The van der Waals surface area contributed by atoms with E-state index < -0.39 is 57.8 Å². The molecule has 0 radical (unpaired) electrons. The number of halogens is 4. The third-order valence-corrected chi connectivity index (χ3v) is 6.83. The minimum Gasteiger partial charge on any atom is -0.507 e. The SMILES string of the molecule is O=C(NC1CC(F)(F)C1)c1cc(Cl)cc(CS(=O)(=O)c2cc(Br)ccc2O)c1O. The second-order valence-corrected chi connectivity index (χ2v) is 10.1. The number of phenolic OH excluding ortho intramolecular Hbond substituents is 2. The quantitative estimate of drug-likeness (QED) is 0.564. The number of hydrogen-bond donors (Lipinski definition) is 3. The van der Waals surface area contributed by atoms with Gasteiger partial charge in [0.05, 0.1) is 11.3 Å². The minimum atomic E-state index is -4.11. The van der Waals surface area contributed by atoms with Crippen molar-refractivity contribution in [2.75, 3.05) is 0 Å². The van der Waals surface area contributed by atoms with Gasteiger partial charge in [-0.15, -0.1) is 0 Å². The Hall–Kier alpha value is -1.91. The minimum absolute atomic E-state index is 0.0180. The lowest BCUT2D eigenvalue weighted by Gasteiger charge is -2.35. The van der Waals surface area contributed by atoms with Crippen LogP contribution in [-0.2, 0) is 15.6 Å². The molecule has 0 atom stereocenters. The number of aromatic hydroxyl groups is 2. The van der Waals surface area contributed by atoms with Crippen LogP contribution in [0.3, 0.4) is 0 Å². The van der Waals surface area contributed by atoms with Gasteiger partial charge in [0, 0.05) is 33.9 Å². The molecule has 1 amide bonds. The molecular formula is C18H15BrClF2NO5S. The van der Waals surface area contributed by atoms with E-state index in [2.05, 4.69) is 21.2 Å². The summed E-state index contributed by atoms with van der Waals surface area (Å²) in [5.74, 6) is -5.52. The lowest BCUT2D eigenvalue weighted by atomic mass is 9.88. The number of benzene rings is 2. The topological polar surface area (TPSA) is 104 Å². The molecule has 3 N–H and O–H groups in total. The van der Waals surface area contributed by atoms with Crippen LogP contribution >= 0.6 is 27.5 Å². The summed E-state index contributed by atoms with van der Waals surface area (Å²) in [5, 5.41) is 22.6. The van der Waals surface area contributed by atoms with Crippen LogP contribution in [0, 0.1) is 0 Å². The van der Waals surface area contributed by atoms with Gasteiger partial charge in [-0.3, -0.25) is 4.79 Å². The van der Waals surface area contributed by atoms with Gasteiger partial charge in [-0.1, -0.05) is 27.5 Å². The molecule has 1 aliphatic carbocycles. The van der Waals surface area contributed by atoms with E-state index in [1.807, 2.05) is 0 Å². The first-order valence-corrected chi connectivity index (χ1v) is 11.1. The third kappa shape index (κ3) is 4.81. The summed E-state index contributed by atoms with van der Waals surface area (Å²) in [6.07, 6.45) is -1.02. The maximum Gasteiger partial charge on any atom is 0.255 e. The van der Waals surface area contributed by atoms with Crippen molar-refractivity contribution in [2.24, 2.45) is 0 Å². The first kappa shape index (κ1) is 21.8. The van der Waals surface area contributed by atoms with Gasteiger partial charge in [-0.2, -0.15) is 0 Å². The Bertz CT molecular complexity index is 1090. The summed E-state index contributed by atoms with van der Waals surface area (Å²) in [5.41, 5.74) is -0.489. The summed E-state index contributed by atoms with van der Waals surface area (Å²) in [6, 6.07) is 5.41. The van der Waals surface area contributed by atoms with Crippen LogP contribution < -0.4 is 5.32 Å². The van der Waals surface area contributed by atoms with Gasteiger partial charge in [0.25, 0.3) is 11.8 Å². The highest BCUT2D eigenvalue weighted by Crippen LogP contribution is 2.38. The summed E-state index contributed by atoms with van der Waals surface area (Å²) in [4.78, 5) is 12.0. The van der Waals surface area contributed by atoms with Crippen molar-refractivity contribution in [1.82, 2.24) is 5.32 Å². The molecule has 0 saturated heterocycles. The molecule has 1 fully saturated rings. The van der Waals surface area contributed by atoms with Crippen LogP contribution in [0.1, 0.15) is 28.8 Å². The van der Waals surface area contributed by atoms with Gasteiger partial charge in [0.1, 0.15) is 16.4 Å². The first-order chi connectivity index (χ1) is 13.4. The number of phenols is 2. The van der Waals surface area contributed by atoms with Crippen molar-refractivity contribution < 1.29 is 32.2 Å². The molecule has 2 aromatic rings. The average molecular weight is 511 g/mol. The molecule has 156 valence electrons. The molecule has 0 aromatic heterocycles. The molecule has 0 heterocycles. The molecular weight excluding hydrogens is 496 g/mol. The van der Waals surface area contributed by atoms with E-state index in [0.29, 0.717) is 4.47 Å². The van der Waals surface area contributed by atoms with Crippen molar-refractivity contribution in [3.8, 4) is 11.5 Å². The Labute approximate surface area is 178 Å². The van der Waals surface area contributed by atoms with Crippen LogP contribution in [-0.4, -0.2) is 36.5 Å². The van der Waals surface area contributed by atoms with E-state index >= 15 is 0 Å². The Balaban J connectivity index is 1.89. The van der Waals surface area contributed by atoms with Crippen molar-refractivity contribution in [1.29, 1.82) is 0 Å². The zero-order chi connectivity index (χ0) is 21.6. The van der Waals surface area contributed by atoms with Crippen LogP contribution in [0.25, 0.3) is 0 Å². The lowest BCUT2D eigenvalue weighted by Crippen LogP contribution is -2.50. The lowest BCUT2D eigenvalue weighted by molar-refractivity contribution is -0.0901. The average Bonchev–Trinajstić information content (AvgIpc) is 2.57. The van der Waals surface area contributed by atoms with Crippen LogP contribution in [0.5, 0.6) is 11.5 Å². The zero-order valence-electron chi connectivity index (χ0n) is 14.6. The Morgan fingerprint density at radius 1 is 1.24 bits per heavy atom. The van der Waals surface area contributed by atoms with Crippen molar-refractivity contribution in [3.63, 3.8) is 0 Å². The molecule has 1 aliphatic rings. The van der Waals surface area contributed by atoms with Gasteiger partial charge in [0.15, 0.2) is 9.84 Å². The fourth-order valence-electron chi connectivity index (χ4n) is 2.98. The Morgan fingerprint density at radius 3 is 2.52 bits per heavy atom. The number of nitrogens with one attached hydrogen (secondary N) is 1. The van der Waals surface area contributed by atoms with Gasteiger partial charge < -0.3 is 15.5 Å². The summed E-state index contributed by atoms with van der Waals surface area (Å²) in [7, 11) is -4.11. The largest absolute Gasteiger partial charge is 0.507 e. The summed E-state index contributed by atoms with van der Waals surface area (Å²) in [6.45, 7) is 0. The molecule has 3 rings (SSSR count). The number of amides is 1. The Morgan fingerprint density at radius 2 is 1.90 bits per heavy atom. The molecule has 0 bridgehead atoms. The number of sulfone groups is 1. The highest BCUT2D eigenvalue weighted by Gasteiger charge is 2.46. The number of alkyl halides is 2. The van der Waals surface area contributed by atoms with Gasteiger partial charge >= 0.3 is 0 Å². The maximum atomic E-state index is 12.9. The van der Waals surface area contributed by atoms with Crippen molar-refractivity contribution in [3.05, 3.63) is 51.0 Å². The van der Waals surface area contributed by atoms with Crippen LogP contribution in [0.2, 0.25) is 5.02 Å². The molecule has 29 heavy (non-hydrogen) atoms.